The van der Waals surface area contributed by atoms with Crippen LogP contribution in [0.15, 0.2) is 78.4 Å². The smallest absolute Gasteiger partial charge is 0.271 e. The summed E-state index contributed by atoms with van der Waals surface area (Å²) >= 11 is 7.85. The summed E-state index contributed by atoms with van der Waals surface area (Å²) in [7, 11) is 1.68. The van der Waals surface area contributed by atoms with Crippen molar-refractivity contribution < 1.29 is 33.9 Å². The lowest BCUT2D eigenvalue weighted by Gasteiger charge is -2.49. The summed E-state index contributed by atoms with van der Waals surface area (Å²) in [5.74, 6) is -5.89. The second-order valence-corrected chi connectivity index (χ2v) is 16.8. The number of non-ortho nitro benzene ring substituents is 1. The van der Waals surface area contributed by atoms with Crippen molar-refractivity contribution in [2.75, 3.05) is 16.4 Å². The van der Waals surface area contributed by atoms with E-state index in [1.54, 1.807) is 45.2 Å². The van der Waals surface area contributed by atoms with E-state index >= 15 is 4.79 Å². The molecule has 0 bridgehead atoms. The molecule has 2 aromatic heterocycles. The molecule has 0 unspecified atom stereocenters. The van der Waals surface area contributed by atoms with Gasteiger partial charge in [-0.3, -0.25) is 34.0 Å². The fourth-order valence-corrected chi connectivity index (χ4v) is 11.2. The molecule has 57 heavy (non-hydrogen) atoms. The Hall–Kier alpha value is -5.86. The molecule has 0 spiro atoms. The van der Waals surface area contributed by atoms with Crippen molar-refractivity contribution in [2.24, 2.45) is 36.1 Å². The van der Waals surface area contributed by atoms with Crippen LogP contribution in [0.1, 0.15) is 43.7 Å². The quantitative estimate of drug-likeness (QED) is 0.0751. The van der Waals surface area contributed by atoms with Crippen LogP contribution in [-0.4, -0.2) is 50.0 Å². The summed E-state index contributed by atoms with van der Waals surface area (Å²) in [5.41, 5.74) is 0.980. The first-order chi connectivity index (χ1) is 27.3. The molecule has 15 heteroatoms. The van der Waals surface area contributed by atoms with Gasteiger partial charge in [-0.15, -0.1) is 11.3 Å². The molecule has 13 nitrogen and oxygen atoms in total. The molecule has 290 valence electrons. The van der Waals surface area contributed by atoms with Gasteiger partial charge in [-0.2, -0.15) is 5.10 Å². The molecule has 2 aliphatic carbocycles. The Morgan fingerprint density at radius 3 is 2.54 bits per heavy atom. The summed E-state index contributed by atoms with van der Waals surface area (Å²) in [6.45, 7) is 5.77. The number of carbonyl (C=O) groups is 4. The summed E-state index contributed by atoms with van der Waals surface area (Å²) in [5, 5.41) is 29.8. The maximum Gasteiger partial charge on any atom is 0.271 e. The lowest BCUT2D eigenvalue weighted by atomic mass is 9.51. The van der Waals surface area contributed by atoms with E-state index in [0.29, 0.717) is 21.9 Å². The fraction of sp³-hybridized carbons (Fsp3) is 0.310. The Morgan fingerprint density at radius 1 is 1.02 bits per heavy atom. The van der Waals surface area contributed by atoms with Crippen LogP contribution in [0, 0.1) is 46.1 Å². The third kappa shape index (κ3) is 5.22. The summed E-state index contributed by atoms with van der Waals surface area (Å²) < 4.78 is 8.30. The second-order valence-electron chi connectivity index (χ2n) is 15.3. The minimum Gasteiger partial charge on any atom is -0.504 e. The monoisotopic (exact) mass is 805 g/mol. The Kier molecular flexibility index (Phi) is 8.45. The van der Waals surface area contributed by atoms with E-state index in [2.05, 4.69) is 0 Å². The average Bonchev–Trinajstić information content (AvgIpc) is 3.86. The number of phenols is 1. The topological polar surface area (TPSA) is 165 Å². The van der Waals surface area contributed by atoms with Crippen LogP contribution < -0.4 is 14.5 Å². The molecule has 2 aliphatic heterocycles. The van der Waals surface area contributed by atoms with Crippen molar-refractivity contribution in [2.45, 2.75) is 39.5 Å². The summed E-state index contributed by atoms with van der Waals surface area (Å²) in [6.07, 6.45) is 2.12. The number of aromatic hydroxyl groups is 1. The summed E-state index contributed by atoms with van der Waals surface area (Å²) in [4.78, 5) is 72.8. The molecule has 5 aromatic rings. The number of aromatic nitrogens is 2. The van der Waals surface area contributed by atoms with Crippen molar-refractivity contribution in [3.8, 4) is 22.1 Å². The van der Waals surface area contributed by atoms with Crippen molar-refractivity contribution in [3.05, 3.63) is 105 Å². The van der Waals surface area contributed by atoms with Crippen LogP contribution in [0.4, 0.5) is 17.2 Å². The predicted octanol–water partition coefficient (Wildman–Crippen LogP) is 7.71. The molecular weight excluding hydrogens is 770 g/mol. The third-order valence-electron chi connectivity index (χ3n) is 12.4. The molecule has 1 saturated carbocycles. The number of ether oxygens (including phenoxy) is 1. The highest BCUT2D eigenvalue weighted by Crippen LogP contribution is 2.65. The standard InChI is InChI=1S/C42H36ClN5O8S/c1-5-56-31-11-7-10-26(36(31)49)35-24-13-14-25-34(40(52)46(38(25)50)22-8-6-9-23(17-22)48(54)55)28(24)18-29-39(51)47(41(53)42(29,35)3)33-19-30(44-45(33)4)37-20(2)27-16-21(43)12-15-32(27)57-37/h6-13,15-17,19,25,28-29,34-35,49H,5,14,18H2,1-4H3/t25-,28+,29-,34-,35+,42+/m0/s1. The first kappa shape index (κ1) is 36.8. The largest absolute Gasteiger partial charge is 0.504 e. The van der Waals surface area contributed by atoms with E-state index in [0.717, 1.165) is 25.4 Å². The zero-order valence-corrected chi connectivity index (χ0v) is 32.8. The van der Waals surface area contributed by atoms with Crippen LogP contribution in [-0.2, 0) is 26.2 Å². The molecule has 3 aromatic carbocycles. The Labute approximate surface area is 335 Å². The Morgan fingerprint density at radius 2 is 1.79 bits per heavy atom. The van der Waals surface area contributed by atoms with Gasteiger partial charge in [0.2, 0.25) is 23.6 Å². The molecule has 4 aliphatic rings. The first-order valence-electron chi connectivity index (χ1n) is 18.6. The van der Waals surface area contributed by atoms with Gasteiger partial charge in [-0.25, -0.2) is 9.80 Å². The van der Waals surface area contributed by atoms with E-state index in [-0.39, 0.29) is 48.1 Å². The van der Waals surface area contributed by atoms with E-state index in [1.807, 2.05) is 31.2 Å². The number of fused-ring (bicyclic) bond motifs is 5. The fourth-order valence-electron chi connectivity index (χ4n) is 9.84. The van der Waals surface area contributed by atoms with Crippen LogP contribution in [0.3, 0.4) is 0 Å². The number of halogens is 1. The molecule has 4 amide bonds. The minimum absolute atomic E-state index is 0.0790. The van der Waals surface area contributed by atoms with Gasteiger partial charge in [0.25, 0.3) is 5.69 Å². The zero-order chi connectivity index (χ0) is 40.2. The normalized spacial score (nSPS) is 25.5. The van der Waals surface area contributed by atoms with Crippen molar-refractivity contribution in [1.82, 2.24) is 9.78 Å². The van der Waals surface area contributed by atoms with Gasteiger partial charge in [-0.05, 0) is 80.8 Å². The summed E-state index contributed by atoms with van der Waals surface area (Å²) in [6, 6.07) is 17.9. The van der Waals surface area contributed by atoms with Gasteiger partial charge in [0.05, 0.1) is 45.3 Å². The third-order valence-corrected chi connectivity index (χ3v) is 14.0. The van der Waals surface area contributed by atoms with Crippen LogP contribution in [0.25, 0.3) is 20.7 Å². The molecule has 0 radical (unpaired) electrons. The van der Waals surface area contributed by atoms with Crippen LogP contribution in [0.2, 0.25) is 5.02 Å². The zero-order valence-electron chi connectivity index (χ0n) is 31.3. The number of nitrogens with zero attached hydrogens (tertiary/aromatic N) is 5. The molecule has 9 rings (SSSR count). The predicted molar refractivity (Wildman–Crippen MR) is 213 cm³/mol. The average molecular weight is 806 g/mol. The highest BCUT2D eigenvalue weighted by Gasteiger charge is 2.68. The number of nitro benzene ring substituents is 1. The van der Waals surface area contributed by atoms with Crippen LogP contribution >= 0.6 is 22.9 Å². The number of allylic oxidation sites excluding steroid dienone is 2. The van der Waals surface area contributed by atoms with Gasteiger partial charge < -0.3 is 9.84 Å². The van der Waals surface area contributed by atoms with E-state index in [9.17, 15) is 29.6 Å². The van der Waals surface area contributed by atoms with Gasteiger partial charge in [0, 0.05) is 46.5 Å². The highest BCUT2D eigenvalue weighted by molar-refractivity contribution is 7.22. The molecule has 1 N–H and O–H groups in total. The number of aryl methyl sites for hydroxylation is 2. The lowest BCUT2D eigenvalue weighted by Crippen LogP contribution is -2.49. The molecule has 6 atom stereocenters. The molecule has 3 fully saturated rings. The number of imide groups is 2. The minimum atomic E-state index is -1.44. The molecular formula is C42H36ClN5O8S. The number of hydrogen-bond acceptors (Lipinski definition) is 10. The number of amides is 4. The number of rotatable bonds is 7. The number of phenolic OH excluding ortho intramolecular Hbond substituents is 1. The Bertz CT molecular complexity index is 2650. The number of nitro groups is 1. The van der Waals surface area contributed by atoms with Crippen molar-refractivity contribution in [3.63, 3.8) is 0 Å². The van der Waals surface area contributed by atoms with E-state index in [4.69, 9.17) is 21.4 Å². The Balaban J connectivity index is 1.16. The lowest BCUT2D eigenvalue weighted by molar-refractivity contribution is -0.384. The highest BCUT2D eigenvalue weighted by atomic mass is 35.5. The van der Waals surface area contributed by atoms with Gasteiger partial charge >= 0.3 is 0 Å². The number of carbonyl (C=O) groups excluding carboxylic acids is 4. The number of benzene rings is 3. The number of para-hydroxylation sites is 1. The second kappa shape index (κ2) is 13.1. The van der Waals surface area contributed by atoms with Crippen molar-refractivity contribution >= 4 is 73.8 Å². The maximum atomic E-state index is 15.2. The maximum absolute atomic E-state index is 15.2. The first-order valence-corrected chi connectivity index (χ1v) is 19.8. The molecule has 2 saturated heterocycles. The van der Waals surface area contributed by atoms with Gasteiger partial charge in [-0.1, -0.05) is 41.4 Å². The van der Waals surface area contributed by atoms with Gasteiger partial charge in [0.15, 0.2) is 11.5 Å². The van der Waals surface area contributed by atoms with E-state index in [1.165, 1.54) is 45.2 Å². The van der Waals surface area contributed by atoms with Gasteiger partial charge in [0.1, 0.15) is 11.5 Å². The van der Waals surface area contributed by atoms with Crippen molar-refractivity contribution in [1.29, 1.82) is 0 Å². The van der Waals surface area contributed by atoms with E-state index < -0.39 is 63.6 Å². The van der Waals surface area contributed by atoms with Crippen LogP contribution in [0.5, 0.6) is 11.5 Å². The molecule has 4 heterocycles. The number of thiophene rings is 1. The number of anilines is 2. The SMILES string of the molecule is CCOc1cccc([C@H]2C3=CC[C@@H]4C(=O)N(c5cccc([N+](=O)[O-])c5)C(=O)[C@@H]4[C@@H]3C[C@H]3C(=O)N(c4cc(-c5sc6ccc(Cl)cc6c5C)nn4C)C(=O)[C@@]23C)c1O. The number of hydrogen-bond donors (Lipinski definition) is 1.